The van der Waals surface area contributed by atoms with E-state index in [1.54, 1.807) is 12.1 Å². The highest BCUT2D eigenvalue weighted by Gasteiger charge is 2.02. The summed E-state index contributed by atoms with van der Waals surface area (Å²) in [4.78, 5) is 4.00. The van der Waals surface area contributed by atoms with E-state index in [4.69, 9.17) is 9.84 Å². The predicted octanol–water partition coefficient (Wildman–Crippen LogP) is 1.34. The topological polar surface area (TPSA) is 42.4 Å². The molecule has 4 heteroatoms. The Bertz CT molecular complexity index is 252. The maximum atomic E-state index is 8.81. The van der Waals surface area contributed by atoms with Crippen LogP contribution in [0.25, 0.3) is 0 Å². The van der Waals surface area contributed by atoms with Crippen molar-refractivity contribution in [3.8, 4) is 5.88 Å². The Hall–Kier alpha value is -0.610. The largest absolute Gasteiger partial charge is 0.481 e. The van der Waals surface area contributed by atoms with Crippen LogP contribution < -0.4 is 4.74 Å². The van der Waals surface area contributed by atoms with Gasteiger partial charge in [-0.15, -0.1) is 0 Å². The van der Waals surface area contributed by atoms with Gasteiger partial charge in [0.15, 0.2) is 0 Å². The summed E-state index contributed by atoms with van der Waals surface area (Å²) in [6, 6.07) is 3.52. The molecule has 1 heterocycles. The number of methoxy groups -OCH3 is 1. The number of hydrogen-bond acceptors (Lipinski definition) is 3. The van der Waals surface area contributed by atoms with E-state index in [2.05, 4.69) is 20.9 Å². The second-order valence-corrected chi connectivity index (χ2v) is 2.77. The summed E-state index contributed by atoms with van der Waals surface area (Å²) in [7, 11) is 1.52. The smallest absolute Gasteiger partial charge is 0.219 e. The fourth-order valence-corrected chi connectivity index (χ4v) is 1.04. The summed E-state index contributed by atoms with van der Waals surface area (Å²) < 4.78 is 5.62. The number of hydrogen-bond donors (Lipinski definition) is 1. The van der Waals surface area contributed by atoms with Crippen molar-refractivity contribution >= 4 is 15.9 Å². The Kier molecular flexibility index (Phi) is 2.84. The van der Waals surface area contributed by atoms with Crippen molar-refractivity contribution in [1.29, 1.82) is 0 Å². The Morgan fingerprint density at radius 2 is 2.36 bits per heavy atom. The van der Waals surface area contributed by atoms with Gasteiger partial charge in [-0.2, -0.15) is 0 Å². The zero-order chi connectivity index (χ0) is 8.27. The predicted molar refractivity (Wildman–Crippen MR) is 44.4 cm³/mol. The quantitative estimate of drug-likeness (QED) is 0.761. The number of rotatable bonds is 2. The molecule has 0 bridgehead atoms. The lowest BCUT2D eigenvalue weighted by Gasteiger charge is -2.03. The van der Waals surface area contributed by atoms with Crippen LogP contribution >= 0.6 is 15.9 Å². The van der Waals surface area contributed by atoms with Crippen molar-refractivity contribution in [2.24, 2.45) is 0 Å². The second-order valence-electron chi connectivity index (χ2n) is 1.96. The summed E-state index contributed by atoms with van der Waals surface area (Å²) in [6.45, 7) is -0.0521. The molecule has 0 aromatic carbocycles. The summed E-state index contributed by atoms with van der Waals surface area (Å²) in [5, 5.41) is 8.81. The lowest BCUT2D eigenvalue weighted by molar-refractivity contribution is 0.271. The van der Waals surface area contributed by atoms with Crippen molar-refractivity contribution in [2.75, 3.05) is 7.11 Å². The monoisotopic (exact) mass is 217 g/mol. The molecule has 60 valence electrons. The molecule has 1 aromatic rings. The van der Waals surface area contributed by atoms with Gasteiger partial charge in [0.05, 0.1) is 13.7 Å². The lowest BCUT2D eigenvalue weighted by atomic mass is 10.3. The van der Waals surface area contributed by atoms with E-state index in [0.717, 1.165) is 0 Å². The van der Waals surface area contributed by atoms with Crippen LogP contribution in [0.2, 0.25) is 0 Å². The Labute approximate surface area is 73.2 Å². The van der Waals surface area contributed by atoms with E-state index < -0.39 is 0 Å². The number of aliphatic hydroxyl groups excluding tert-OH is 1. The van der Waals surface area contributed by atoms with E-state index in [1.165, 1.54) is 7.11 Å². The molecular formula is C7H8BrNO2. The minimum Gasteiger partial charge on any atom is -0.481 e. The number of aliphatic hydroxyl groups is 1. The molecule has 0 atom stereocenters. The number of nitrogens with zero attached hydrogens (tertiary/aromatic N) is 1. The molecule has 0 unspecified atom stereocenters. The molecule has 0 aliphatic heterocycles. The first kappa shape index (κ1) is 8.49. The molecule has 1 aromatic heterocycles. The third kappa shape index (κ3) is 1.91. The van der Waals surface area contributed by atoms with Gasteiger partial charge in [-0.3, -0.25) is 0 Å². The maximum absolute atomic E-state index is 8.81. The SMILES string of the molecule is COc1nc(Br)ccc1CO. The third-order valence-electron chi connectivity index (χ3n) is 1.27. The average Bonchev–Trinajstić information content (AvgIpc) is 2.04. The second kappa shape index (κ2) is 3.69. The molecule has 0 saturated heterocycles. The number of halogens is 1. The first-order valence-electron chi connectivity index (χ1n) is 3.08. The van der Waals surface area contributed by atoms with Crippen molar-refractivity contribution in [2.45, 2.75) is 6.61 Å². The molecule has 0 aliphatic rings. The van der Waals surface area contributed by atoms with Gasteiger partial charge in [0, 0.05) is 5.56 Å². The van der Waals surface area contributed by atoms with Gasteiger partial charge in [-0.1, -0.05) is 0 Å². The van der Waals surface area contributed by atoms with Crippen LogP contribution in [0.4, 0.5) is 0 Å². The van der Waals surface area contributed by atoms with Gasteiger partial charge in [0.1, 0.15) is 4.60 Å². The molecule has 0 spiro atoms. The van der Waals surface area contributed by atoms with E-state index in [-0.39, 0.29) is 6.61 Å². The van der Waals surface area contributed by atoms with E-state index >= 15 is 0 Å². The zero-order valence-corrected chi connectivity index (χ0v) is 7.63. The molecule has 0 radical (unpaired) electrons. The van der Waals surface area contributed by atoms with Crippen LogP contribution in [-0.4, -0.2) is 17.2 Å². The van der Waals surface area contributed by atoms with Crippen LogP contribution in [0.3, 0.4) is 0 Å². The van der Waals surface area contributed by atoms with Crippen molar-refractivity contribution in [1.82, 2.24) is 4.98 Å². The van der Waals surface area contributed by atoms with E-state index in [9.17, 15) is 0 Å². The highest BCUT2D eigenvalue weighted by Crippen LogP contribution is 2.18. The minimum atomic E-state index is -0.0521. The summed E-state index contributed by atoms with van der Waals surface area (Å²) >= 11 is 3.19. The van der Waals surface area contributed by atoms with Crippen molar-refractivity contribution in [3.63, 3.8) is 0 Å². The van der Waals surface area contributed by atoms with Crippen LogP contribution in [0.15, 0.2) is 16.7 Å². The standard InChI is InChI=1S/C7H8BrNO2/c1-11-7-5(4-10)2-3-6(8)9-7/h2-3,10H,4H2,1H3. The van der Waals surface area contributed by atoms with Gasteiger partial charge >= 0.3 is 0 Å². The fourth-order valence-electron chi connectivity index (χ4n) is 0.744. The molecule has 1 rings (SSSR count). The van der Waals surface area contributed by atoms with E-state index in [0.29, 0.717) is 16.0 Å². The summed E-state index contributed by atoms with van der Waals surface area (Å²) in [6.07, 6.45) is 0. The van der Waals surface area contributed by atoms with Crippen LogP contribution in [0.1, 0.15) is 5.56 Å². The van der Waals surface area contributed by atoms with Crippen LogP contribution in [0.5, 0.6) is 5.88 Å². The third-order valence-corrected chi connectivity index (χ3v) is 1.71. The molecule has 11 heavy (non-hydrogen) atoms. The van der Waals surface area contributed by atoms with Crippen LogP contribution in [-0.2, 0) is 6.61 Å². The fraction of sp³-hybridized carbons (Fsp3) is 0.286. The zero-order valence-electron chi connectivity index (χ0n) is 6.04. The average molecular weight is 218 g/mol. The molecule has 0 amide bonds. The van der Waals surface area contributed by atoms with Gasteiger partial charge < -0.3 is 9.84 Å². The molecule has 3 nitrogen and oxygen atoms in total. The highest BCUT2D eigenvalue weighted by molar-refractivity contribution is 9.10. The minimum absolute atomic E-state index is 0.0521. The number of ether oxygens (including phenoxy) is 1. The first-order valence-corrected chi connectivity index (χ1v) is 3.87. The van der Waals surface area contributed by atoms with Crippen molar-refractivity contribution < 1.29 is 9.84 Å². The Morgan fingerprint density at radius 3 is 2.91 bits per heavy atom. The molecule has 0 fully saturated rings. The summed E-state index contributed by atoms with van der Waals surface area (Å²) in [5.74, 6) is 0.460. The highest BCUT2D eigenvalue weighted by atomic mass is 79.9. The molecular weight excluding hydrogens is 210 g/mol. The normalized spacial score (nSPS) is 9.73. The number of aromatic nitrogens is 1. The molecule has 1 N–H and O–H groups in total. The maximum Gasteiger partial charge on any atom is 0.219 e. The molecule has 0 aliphatic carbocycles. The van der Waals surface area contributed by atoms with Gasteiger partial charge in [-0.05, 0) is 28.1 Å². The summed E-state index contributed by atoms with van der Waals surface area (Å²) in [5.41, 5.74) is 0.690. The van der Waals surface area contributed by atoms with Gasteiger partial charge in [-0.25, -0.2) is 4.98 Å². The molecule has 0 saturated carbocycles. The van der Waals surface area contributed by atoms with Crippen LogP contribution in [0, 0.1) is 0 Å². The first-order chi connectivity index (χ1) is 5.27. The van der Waals surface area contributed by atoms with Crippen molar-refractivity contribution in [3.05, 3.63) is 22.3 Å². The Balaban J connectivity index is 3.06. The number of pyridine rings is 1. The Morgan fingerprint density at radius 1 is 1.64 bits per heavy atom. The van der Waals surface area contributed by atoms with Gasteiger partial charge in [0.25, 0.3) is 0 Å². The lowest BCUT2D eigenvalue weighted by Crippen LogP contribution is -1.94. The van der Waals surface area contributed by atoms with Gasteiger partial charge in [0.2, 0.25) is 5.88 Å². The van der Waals surface area contributed by atoms with E-state index in [1.807, 2.05) is 0 Å².